The van der Waals surface area contributed by atoms with Gasteiger partial charge in [-0.25, -0.2) is 9.48 Å². The molecule has 0 aliphatic carbocycles. The molecular weight excluding hydrogens is 280 g/mol. The Balaban J connectivity index is 2.38. The number of rotatable bonds is 7. The molecule has 2 aromatic rings. The molecule has 0 amide bonds. The van der Waals surface area contributed by atoms with Crippen molar-refractivity contribution >= 4 is 11.7 Å². The number of anilines is 1. The molecule has 118 valence electrons. The Bertz CT molecular complexity index is 630. The van der Waals surface area contributed by atoms with Crippen LogP contribution >= 0.6 is 0 Å². The highest BCUT2D eigenvalue weighted by atomic mass is 16.4. The third-order valence-corrected chi connectivity index (χ3v) is 3.68. The van der Waals surface area contributed by atoms with E-state index in [2.05, 4.69) is 29.1 Å². The number of carboxylic acids is 1. The quantitative estimate of drug-likeness (QED) is 0.851. The van der Waals surface area contributed by atoms with E-state index < -0.39 is 5.97 Å². The lowest BCUT2D eigenvalue weighted by Gasteiger charge is -2.21. The van der Waals surface area contributed by atoms with E-state index in [1.165, 1.54) is 0 Å². The van der Waals surface area contributed by atoms with Gasteiger partial charge in [0.1, 0.15) is 0 Å². The largest absolute Gasteiger partial charge is 0.476 e. The van der Waals surface area contributed by atoms with Gasteiger partial charge in [0, 0.05) is 18.8 Å². The molecule has 22 heavy (non-hydrogen) atoms. The Hall–Kier alpha value is -2.37. The average Bonchev–Trinajstić information content (AvgIpc) is 2.93. The monoisotopic (exact) mass is 302 g/mol. The minimum atomic E-state index is -1.03. The van der Waals surface area contributed by atoms with Gasteiger partial charge in [-0.1, -0.05) is 18.6 Å². The average molecular weight is 302 g/mol. The lowest BCUT2D eigenvalue weighted by atomic mass is 10.2. The first-order valence-electron chi connectivity index (χ1n) is 7.65. The maximum Gasteiger partial charge on any atom is 0.358 e. The SMILES string of the molecule is CCCc1c(C(=O)O)nnn1-c1ccc(N(CC)CC)cc1. The molecule has 1 N–H and O–H groups in total. The van der Waals surface area contributed by atoms with E-state index in [1.807, 2.05) is 31.2 Å². The van der Waals surface area contributed by atoms with Crippen molar-refractivity contribution in [3.63, 3.8) is 0 Å². The Kier molecular flexibility index (Phi) is 5.14. The predicted molar refractivity (Wildman–Crippen MR) is 85.9 cm³/mol. The van der Waals surface area contributed by atoms with Crippen molar-refractivity contribution in [3.8, 4) is 5.69 Å². The van der Waals surface area contributed by atoms with Gasteiger partial charge in [-0.05, 0) is 44.5 Å². The summed E-state index contributed by atoms with van der Waals surface area (Å²) in [4.78, 5) is 13.5. The van der Waals surface area contributed by atoms with Crippen LogP contribution in [0.25, 0.3) is 5.69 Å². The zero-order valence-electron chi connectivity index (χ0n) is 13.3. The van der Waals surface area contributed by atoms with Crippen molar-refractivity contribution in [3.05, 3.63) is 35.7 Å². The highest BCUT2D eigenvalue weighted by molar-refractivity contribution is 5.86. The van der Waals surface area contributed by atoms with Gasteiger partial charge in [-0.15, -0.1) is 5.10 Å². The first kappa shape index (κ1) is 16.0. The summed E-state index contributed by atoms with van der Waals surface area (Å²) >= 11 is 0. The van der Waals surface area contributed by atoms with E-state index in [9.17, 15) is 9.90 Å². The van der Waals surface area contributed by atoms with Crippen molar-refractivity contribution in [1.29, 1.82) is 0 Å². The van der Waals surface area contributed by atoms with Crippen LogP contribution in [-0.2, 0) is 6.42 Å². The molecule has 1 aromatic carbocycles. The van der Waals surface area contributed by atoms with Crippen molar-refractivity contribution in [2.45, 2.75) is 33.6 Å². The van der Waals surface area contributed by atoms with Gasteiger partial charge in [-0.3, -0.25) is 0 Å². The topological polar surface area (TPSA) is 71.2 Å². The highest BCUT2D eigenvalue weighted by Gasteiger charge is 2.19. The summed E-state index contributed by atoms with van der Waals surface area (Å²) in [5.41, 5.74) is 2.66. The maximum absolute atomic E-state index is 11.2. The zero-order chi connectivity index (χ0) is 16.1. The molecule has 0 saturated heterocycles. The summed E-state index contributed by atoms with van der Waals surface area (Å²) < 4.78 is 1.62. The number of aromatic nitrogens is 3. The van der Waals surface area contributed by atoms with Gasteiger partial charge in [0.05, 0.1) is 11.4 Å². The predicted octanol–water partition coefficient (Wildman–Crippen LogP) is 2.76. The molecule has 0 aliphatic rings. The maximum atomic E-state index is 11.2. The van der Waals surface area contributed by atoms with Crippen LogP contribution in [0.5, 0.6) is 0 Å². The van der Waals surface area contributed by atoms with Crippen molar-refractivity contribution < 1.29 is 9.90 Å². The van der Waals surface area contributed by atoms with Crippen molar-refractivity contribution in [1.82, 2.24) is 15.0 Å². The summed E-state index contributed by atoms with van der Waals surface area (Å²) in [6.07, 6.45) is 1.47. The van der Waals surface area contributed by atoms with Gasteiger partial charge in [0.15, 0.2) is 5.69 Å². The van der Waals surface area contributed by atoms with E-state index in [4.69, 9.17) is 0 Å². The van der Waals surface area contributed by atoms with Crippen LogP contribution < -0.4 is 4.90 Å². The van der Waals surface area contributed by atoms with Crippen LogP contribution in [-0.4, -0.2) is 39.2 Å². The minimum Gasteiger partial charge on any atom is -0.476 e. The number of aromatic carboxylic acids is 1. The molecule has 0 spiro atoms. The second-order valence-corrected chi connectivity index (χ2v) is 5.04. The van der Waals surface area contributed by atoms with E-state index >= 15 is 0 Å². The molecule has 6 heteroatoms. The molecule has 1 aromatic heterocycles. The fourth-order valence-corrected chi connectivity index (χ4v) is 2.53. The first-order chi connectivity index (χ1) is 10.6. The molecule has 0 fully saturated rings. The molecule has 1 heterocycles. The number of hydrogen-bond acceptors (Lipinski definition) is 4. The van der Waals surface area contributed by atoms with E-state index in [0.717, 1.165) is 30.9 Å². The van der Waals surface area contributed by atoms with Gasteiger partial charge < -0.3 is 10.0 Å². The summed E-state index contributed by atoms with van der Waals surface area (Å²) in [6.45, 7) is 8.14. The van der Waals surface area contributed by atoms with Gasteiger partial charge in [0.2, 0.25) is 0 Å². The summed E-state index contributed by atoms with van der Waals surface area (Å²) in [5, 5.41) is 17.0. The van der Waals surface area contributed by atoms with Crippen molar-refractivity contribution in [2.24, 2.45) is 0 Å². The number of carboxylic acid groups (broad SMARTS) is 1. The lowest BCUT2D eigenvalue weighted by Crippen LogP contribution is -2.21. The van der Waals surface area contributed by atoms with E-state index in [-0.39, 0.29) is 5.69 Å². The van der Waals surface area contributed by atoms with Gasteiger partial charge in [-0.2, -0.15) is 0 Å². The molecule has 6 nitrogen and oxygen atoms in total. The summed E-state index contributed by atoms with van der Waals surface area (Å²) in [6, 6.07) is 7.96. The molecular formula is C16H22N4O2. The molecule has 0 atom stereocenters. The highest BCUT2D eigenvalue weighted by Crippen LogP contribution is 2.19. The van der Waals surface area contributed by atoms with Crippen molar-refractivity contribution in [2.75, 3.05) is 18.0 Å². The van der Waals surface area contributed by atoms with E-state index in [0.29, 0.717) is 12.1 Å². The molecule has 0 unspecified atom stereocenters. The Morgan fingerprint density at radius 2 is 1.82 bits per heavy atom. The smallest absolute Gasteiger partial charge is 0.358 e. The molecule has 0 saturated carbocycles. The third-order valence-electron chi connectivity index (χ3n) is 3.68. The zero-order valence-corrected chi connectivity index (χ0v) is 13.3. The standard InChI is InChI=1S/C16H22N4O2/c1-4-7-14-15(16(21)22)17-18-20(14)13-10-8-12(9-11-13)19(5-2)6-3/h8-11H,4-7H2,1-3H3,(H,21,22). The van der Waals surface area contributed by atoms with Gasteiger partial charge in [0.25, 0.3) is 0 Å². The second kappa shape index (κ2) is 7.06. The number of carbonyl (C=O) groups is 1. The number of hydrogen-bond donors (Lipinski definition) is 1. The summed E-state index contributed by atoms with van der Waals surface area (Å²) in [5.74, 6) is -1.03. The normalized spacial score (nSPS) is 10.7. The summed E-state index contributed by atoms with van der Waals surface area (Å²) in [7, 11) is 0. The molecule has 0 bridgehead atoms. The Morgan fingerprint density at radius 1 is 1.18 bits per heavy atom. The van der Waals surface area contributed by atoms with Crippen LogP contribution in [0.2, 0.25) is 0 Å². The van der Waals surface area contributed by atoms with Gasteiger partial charge >= 0.3 is 5.97 Å². The Morgan fingerprint density at radius 3 is 2.32 bits per heavy atom. The molecule has 0 aliphatic heterocycles. The minimum absolute atomic E-state index is 0.0367. The number of benzene rings is 1. The fraction of sp³-hybridized carbons (Fsp3) is 0.438. The lowest BCUT2D eigenvalue weighted by molar-refractivity contribution is 0.0689. The first-order valence-corrected chi connectivity index (χ1v) is 7.65. The van der Waals surface area contributed by atoms with Crippen LogP contribution in [0, 0.1) is 0 Å². The number of nitrogens with zero attached hydrogens (tertiary/aromatic N) is 4. The van der Waals surface area contributed by atoms with Crippen LogP contribution in [0.1, 0.15) is 43.4 Å². The van der Waals surface area contributed by atoms with Crippen LogP contribution in [0.4, 0.5) is 5.69 Å². The van der Waals surface area contributed by atoms with Crippen LogP contribution in [0.15, 0.2) is 24.3 Å². The fourth-order valence-electron chi connectivity index (χ4n) is 2.53. The van der Waals surface area contributed by atoms with Crippen LogP contribution in [0.3, 0.4) is 0 Å². The third kappa shape index (κ3) is 3.10. The molecule has 0 radical (unpaired) electrons. The Labute approximate surface area is 130 Å². The second-order valence-electron chi connectivity index (χ2n) is 5.04. The van der Waals surface area contributed by atoms with E-state index in [1.54, 1.807) is 4.68 Å². The molecule has 2 rings (SSSR count).